The summed E-state index contributed by atoms with van der Waals surface area (Å²) in [6.45, 7) is 6.99. The number of hydrogen-bond donors (Lipinski definition) is 1. The fraction of sp³-hybridized carbons (Fsp3) is 0.571. The molecular formula is C14H22FNO2. The standard InChI is InChI=1S/C14H22FNO2/c1-11-8-13(9-12(2)14(11)15)10-16-4-5-18-7-6-17-3/h8-9,16H,4-7,10H2,1-3H3. The molecule has 0 fully saturated rings. The lowest BCUT2D eigenvalue weighted by Crippen LogP contribution is -2.20. The van der Waals surface area contributed by atoms with Crippen molar-refractivity contribution < 1.29 is 13.9 Å². The minimum atomic E-state index is -0.110. The van der Waals surface area contributed by atoms with Crippen molar-refractivity contribution in [1.29, 1.82) is 0 Å². The molecule has 0 spiro atoms. The maximum Gasteiger partial charge on any atom is 0.129 e. The highest BCUT2D eigenvalue weighted by Crippen LogP contribution is 2.14. The summed E-state index contributed by atoms with van der Waals surface area (Å²) in [5.74, 6) is -0.110. The Hall–Kier alpha value is -0.970. The van der Waals surface area contributed by atoms with Crippen LogP contribution in [0.1, 0.15) is 16.7 Å². The molecule has 0 saturated carbocycles. The molecule has 0 aliphatic heterocycles. The number of hydrogen-bond acceptors (Lipinski definition) is 3. The predicted octanol–water partition coefficient (Wildman–Crippen LogP) is 2.20. The molecule has 0 atom stereocenters. The van der Waals surface area contributed by atoms with Crippen LogP contribution < -0.4 is 5.32 Å². The fourth-order valence-corrected chi connectivity index (χ4v) is 1.76. The summed E-state index contributed by atoms with van der Waals surface area (Å²) in [5.41, 5.74) is 2.49. The van der Waals surface area contributed by atoms with Gasteiger partial charge in [0.2, 0.25) is 0 Å². The Labute approximate surface area is 108 Å². The highest BCUT2D eigenvalue weighted by Gasteiger charge is 2.03. The third-order valence-electron chi connectivity index (χ3n) is 2.68. The van der Waals surface area contributed by atoms with E-state index >= 15 is 0 Å². The van der Waals surface area contributed by atoms with Crippen LogP contribution in [0.15, 0.2) is 12.1 Å². The fourth-order valence-electron chi connectivity index (χ4n) is 1.76. The molecular weight excluding hydrogens is 233 g/mol. The van der Waals surface area contributed by atoms with Gasteiger partial charge in [-0.25, -0.2) is 4.39 Å². The highest BCUT2D eigenvalue weighted by molar-refractivity contribution is 5.30. The number of benzene rings is 1. The maximum atomic E-state index is 13.4. The molecule has 1 aromatic carbocycles. The van der Waals surface area contributed by atoms with Gasteiger partial charge in [-0.15, -0.1) is 0 Å². The van der Waals surface area contributed by atoms with Gasteiger partial charge in [-0.2, -0.15) is 0 Å². The van der Waals surface area contributed by atoms with Crippen LogP contribution in [-0.2, 0) is 16.0 Å². The van der Waals surface area contributed by atoms with Crippen LogP contribution in [0.5, 0.6) is 0 Å². The zero-order valence-corrected chi connectivity index (χ0v) is 11.4. The van der Waals surface area contributed by atoms with Crippen LogP contribution in [0.3, 0.4) is 0 Å². The molecule has 0 aromatic heterocycles. The van der Waals surface area contributed by atoms with Gasteiger partial charge in [0, 0.05) is 20.2 Å². The molecule has 4 heteroatoms. The Morgan fingerprint density at radius 3 is 2.39 bits per heavy atom. The Balaban J connectivity index is 2.23. The Bertz CT molecular complexity index is 346. The molecule has 0 bridgehead atoms. The van der Waals surface area contributed by atoms with Gasteiger partial charge in [0.25, 0.3) is 0 Å². The van der Waals surface area contributed by atoms with Crippen molar-refractivity contribution in [1.82, 2.24) is 5.32 Å². The normalized spacial score (nSPS) is 10.9. The van der Waals surface area contributed by atoms with Crippen LogP contribution in [-0.4, -0.2) is 33.5 Å². The van der Waals surface area contributed by atoms with Crippen molar-refractivity contribution in [2.75, 3.05) is 33.5 Å². The molecule has 0 saturated heterocycles. The molecule has 0 unspecified atom stereocenters. The average molecular weight is 255 g/mol. The summed E-state index contributed by atoms with van der Waals surface area (Å²) in [4.78, 5) is 0. The number of nitrogens with one attached hydrogen (secondary N) is 1. The van der Waals surface area contributed by atoms with Gasteiger partial charge in [-0.05, 0) is 30.5 Å². The first-order valence-electron chi connectivity index (χ1n) is 6.18. The molecule has 0 heterocycles. The van der Waals surface area contributed by atoms with Crippen molar-refractivity contribution in [2.45, 2.75) is 20.4 Å². The Kier molecular flexibility index (Phi) is 6.86. The van der Waals surface area contributed by atoms with E-state index in [1.54, 1.807) is 21.0 Å². The lowest BCUT2D eigenvalue weighted by atomic mass is 10.1. The van der Waals surface area contributed by atoms with Gasteiger partial charge in [-0.3, -0.25) is 0 Å². The number of halogens is 1. The van der Waals surface area contributed by atoms with Crippen molar-refractivity contribution in [3.63, 3.8) is 0 Å². The van der Waals surface area contributed by atoms with Crippen molar-refractivity contribution in [3.8, 4) is 0 Å². The van der Waals surface area contributed by atoms with E-state index in [1.807, 2.05) is 12.1 Å². The smallest absolute Gasteiger partial charge is 0.129 e. The summed E-state index contributed by atoms with van der Waals surface area (Å²) < 4.78 is 23.6. The van der Waals surface area contributed by atoms with Gasteiger partial charge < -0.3 is 14.8 Å². The van der Waals surface area contributed by atoms with Gasteiger partial charge in [0.1, 0.15) is 5.82 Å². The SMILES string of the molecule is COCCOCCNCc1cc(C)c(F)c(C)c1. The molecule has 0 aliphatic rings. The van der Waals surface area contributed by atoms with Crippen LogP contribution in [0, 0.1) is 19.7 Å². The van der Waals surface area contributed by atoms with E-state index < -0.39 is 0 Å². The van der Waals surface area contributed by atoms with Crippen LogP contribution >= 0.6 is 0 Å². The average Bonchev–Trinajstić information content (AvgIpc) is 2.34. The molecule has 1 N–H and O–H groups in total. The summed E-state index contributed by atoms with van der Waals surface area (Å²) in [6, 6.07) is 3.75. The van der Waals surface area contributed by atoms with Crippen molar-refractivity contribution >= 4 is 0 Å². The van der Waals surface area contributed by atoms with E-state index in [-0.39, 0.29) is 5.82 Å². The molecule has 18 heavy (non-hydrogen) atoms. The Morgan fingerprint density at radius 2 is 1.78 bits per heavy atom. The molecule has 1 rings (SSSR count). The number of ether oxygens (including phenoxy) is 2. The summed E-state index contributed by atoms with van der Waals surface area (Å²) in [7, 11) is 1.65. The minimum absolute atomic E-state index is 0.110. The van der Waals surface area contributed by atoms with Crippen LogP contribution in [0.25, 0.3) is 0 Å². The maximum absolute atomic E-state index is 13.4. The number of aryl methyl sites for hydroxylation is 2. The van der Waals surface area contributed by atoms with E-state index in [2.05, 4.69) is 5.32 Å². The second-order valence-electron chi connectivity index (χ2n) is 4.33. The van der Waals surface area contributed by atoms with Gasteiger partial charge >= 0.3 is 0 Å². The van der Waals surface area contributed by atoms with Gasteiger partial charge in [0.05, 0.1) is 19.8 Å². The van der Waals surface area contributed by atoms with E-state index in [0.717, 1.165) is 18.7 Å². The quantitative estimate of drug-likeness (QED) is 0.722. The van der Waals surface area contributed by atoms with E-state index in [9.17, 15) is 4.39 Å². The van der Waals surface area contributed by atoms with Gasteiger partial charge in [-0.1, -0.05) is 12.1 Å². The first kappa shape index (κ1) is 15.1. The van der Waals surface area contributed by atoms with Crippen molar-refractivity contribution in [2.24, 2.45) is 0 Å². The molecule has 1 aromatic rings. The largest absolute Gasteiger partial charge is 0.382 e. The third kappa shape index (κ3) is 5.12. The zero-order valence-electron chi connectivity index (χ0n) is 11.4. The zero-order chi connectivity index (χ0) is 13.4. The topological polar surface area (TPSA) is 30.5 Å². The van der Waals surface area contributed by atoms with Gasteiger partial charge in [0.15, 0.2) is 0 Å². The molecule has 3 nitrogen and oxygen atoms in total. The summed E-state index contributed by atoms with van der Waals surface area (Å²) >= 11 is 0. The lowest BCUT2D eigenvalue weighted by molar-refractivity contribution is 0.0719. The van der Waals surface area contributed by atoms with E-state index in [0.29, 0.717) is 30.9 Å². The Morgan fingerprint density at radius 1 is 1.11 bits per heavy atom. The second-order valence-corrected chi connectivity index (χ2v) is 4.33. The summed E-state index contributed by atoms with van der Waals surface area (Å²) in [5, 5.41) is 3.26. The number of rotatable bonds is 8. The minimum Gasteiger partial charge on any atom is -0.382 e. The lowest BCUT2D eigenvalue weighted by Gasteiger charge is -2.09. The van der Waals surface area contributed by atoms with Crippen LogP contribution in [0.4, 0.5) is 4.39 Å². The number of methoxy groups -OCH3 is 1. The predicted molar refractivity (Wildman–Crippen MR) is 70.3 cm³/mol. The highest BCUT2D eigenvalue weighted by atomic mass is 19.1. The molecule has 102 valence electrons. The molecule has 0 radical (unpaired) electrons. The van der Waals surface area contributed by atoms with E-state index in [4.69, 9.17) is 9.47 Å². The first-order valence-corrected chi connectivity index (χ1v) is 6.18. The third-order valence-corrected chi connectivity index (χ3v) is 2.68. The van der Waals surface area contributed by atoms with Crippen LogP contribution in [0.2, 0.25) is 0 Å². The second kappa shape index (κ2) is 8.19. The van der Waals surface area contributed by atoms with E-state index in [1.165, 1.54) is 0 Å². The summed E-state index contributed by atoms with van der Waals surface area (Å²) in [6.07, 6.45) is 0. The first-order chi connectivity index (χ1) is 8.65. The molecule has 0 amide bonds. The molecule has 0 aliphatic carbocycles. The van der Waals surface area contributed by atoms with Crippen molar-refractivity contribution in [3.05, 3.63) is 34.6 Å². The monoisotopic (exact) mass is 255 g/mol.